The summed E-state index contributed by atoms with van der Waals surface area (Å²) in [7, 11) is 3.12. The van der Waals surface area contributed by atoms with Crippen LogP contribution in [0.3, 0.4) is 0 Å². The number of halogens is 1. The number of thiophene rings is 1. The highest BCUT2D eigenvalue weighted by Crippen LogP contribution is 2.36. The van der Waals surface area contributed by atoms with Gasteiger partial charge in [-0.2, -0.15) is 0 Å². The van der Waals surface area contributed by atoms with Gasteiger partial charge in [0, 0.05) is 9.75 Å². The lowest BCUT2D eigenvalue weighted by Crippen LogP contribution is -1.87. The van der Waals surface area contributed by atoms with Gasteiger partial charge in [0.2, 0.25) is 0 Å². The zero-order valence-electron chi connectivity index (χ0n) is 12.3. The Morgan fingerprint density at radius 3 is 2.05 bits per heavy atom. The summed E-state index contributed by atoms with van der Waals surface area (Å²) < 4.78 is 23.7. The van der Waals surface area contributed by atoms with E-state index in [9.17, 15) is 4.39 Å². The molecule has 0 aliphatic carbocycles. The van der Waals surface area contributed by atoms with E-state index in [4.69, 9.17) is 9.47 Å². The van der Waals surface area contributed by atoms with Gasteiger partial charge >= 0.3 is 0 Å². The van der Waals surface area contributed by atoms with Gasteiger partial charge in [0.25, 0.3) is 0 Å². The van der Waals surface area contributed by atoms with Gasteiger partial charge in [-0.05, 0) is 59.7 Å². The molecule has 3 aromatic rings. The van der Waals surface area contributed by atoms with Crippen LogP contribution in [0.25, 0.3) is 20.9 Å². The molecule has 1 aromatic heterocycles. The van der Waals surface area contributed by atoms with E-state index in [1.54, 1.807) is 30.6 Å². The van der Waals surface area contributed by atoms with Crippen LogP contribution in [-0.2, 0) is 0 Å². The van der Waals surface area contributed by atoms with Crippen molar-refractivity contribution in [2.45, 2.75) is 0 Å². The summed E-state index contributed by atoms with van der Waals surface area (Å²) in [6.45, 7) is 0. The van der Waals surface area contributed by atoms with E-state index in [0.717, 1.165) is 26.6 Å². The molecule has 22 heavy (non-hydrogen) atoms. The molecule has 3 rings (SSSR count). The van der Waals surface area contributed by atoms with Crippen LogP contribution >= 0.6 is 11.3 Å². The second-order valence-corrected chi connectivity index (χ2v) is 5.83. The second-order valence-electron chi connectivity index (χ2n) is 4.74. The molecule has 0 spiro atoms. The van der Waals surface area contributed by atoms with Crippen molar-refractivity contribution in [1.82, 2.24) is 0 Å². The highest BCUT2D eigenvalue weighted by molar-refractivity contribution is 7.18. The van der Waals surface area contributed by atoms with Crippen LogP contribution in [0, 0.1) is 5.82 Å². The molecule has 112 valence electrons. The molecule has 0 N–H and O–H groups in total. The molecular formula is C18H15FO2S. The molecule has 0 unspecified atom stereocenters. The third-order valence-electron chi connectivity index (χ3n) is 3.42. The van der Waals surface area contributed by atoms with Crippen molar-refractivity contribution >= 4 is 11.3 Å². The topological polar surface area (TPSA) is 18.5 Å². The van der Waals surface area contributed by atoms with Crippen molar-refractivity contribution in [3.8, 4) is 32.4 Å². The van der Waals surface area contributed by atoms with E-state index < -0.39 is 0 Å². The molecule has 0 amide bonds. The van der Waals surface area contributed by atoms with Crippen LogP contribution in [0.5, 0.6) is 11.5 Å². The maximum Gasteiger partial charge on any atom is 0.165 e. The fourth-order valence-electron chi connectivity index (χ4n) is 2.22. The Kier molecular flexibility index (Phi) is 4.11. The molecular weight excluding hydrogens is 299 g/mol. The van der Waals surface area contributed by atoms with E-state index in [0.29, 0.717) is 0 Å². The molecule has 4 heteroatoms. The van der Waals surface area contributed by atoms with Gasteiger partial charge in [-0.3, -0.25) is 0 Å². The summed E-state index contributed by atoms with van der Waals surface area (Å²) in [6, 6.07) is 17.0. The predicted octanol–water partition coefficient (Wildman–Crippen LogP) is 5.24. The van der Waals surface area contributed by atoms with Gasteiger partial charge in [-0.1, -0.05) is 6.07 Å². The minimum Gasteiger partial charge on any atom is -0.497 e. The lowest BCUT2D eigenvalue weighted by Gasteiger charge is -2.04. The first-order valence-electron chi connectivity index (χ1n) is 6.79. The lowest BCUT2D eigenvalue weighted by atomic mass is 10.1. The van der Waals surface area contributed by atoms with Crippen LogP contribution in [0.15, 0.2) is 54.6 Å². The van der Waals surface area contributed by atoms with Crippen molar-refractivity contribution in [1.29, 1.82) is 0 Å². The van der Waals surface area contributed by atoms with Gasteiger partial charge in [0.15, 0.2) is 11.6 Å². The molecule has 0 fully saturated rings. The summed E-state index contributed by atoms with van der Waals surface area (Å²) >= 11 is 1.66. The number of rotatable bonds is 4. The SMILES string of the molecule is COc1ccc(-c2ccc(-c3ccc(F)c(OC)c3)s2)cc1. The molecule has 0 saturated heterocycles. The maximum absolute atomic E-state index is 13.5. The van der Waals surface area contributed by atoms with E-state index in [1.165, 1.54) is 13.2 Å². The van der Waals surface area contributed by atoms with Crippen molar-refractivity contribution in [2.75, 3.05) is 14.2 Å². The summed E-state index contributed by atoms with van der Waals surface area (Å²) in [6.07, 6.45) is 0. The Balaban J connectivity index is 1.92. The molecule has 0 radical (unpaired) electrons. The third kappa shape index (κ3) is 2.83. The lowest BCUT2D eigenvalue weighted by molar-refractivity contribution is 0.387. The fourth-order valence-corrected chi connectivity index (χ4v) is 3.22. The molecule has 2 aromatic carbocycles. The molecule has 2 nitrogen and oxygen atoms in total. The van der Waals surface area contributed by atoms with Crippen LogP contribution in [-0.4, -0.2) is 14.2 Å². The van der Waals surface area contributed by atoms with E-state index >= 15 is 0 Å². The number of ether oxygens (including phenoxy) is 2. The zero-order valence-corrected chi connectivity index (χ0v) is 13.1. The van der Waals surface area contributed by atoms with Crippen molar-refractivity contribution < 1.29 is 13.9 Å². The standard InChI is InChI=1S/C18H15FO2S/c1-20-14-6-3-12(4-7-14)17-9-10-18(22-17)13-5-8-15(19)16(11-13)21-2/h3-11H,1-2H3. The molecule has 0 saturated carbocycles. The quantitative estimate of drug-likeness (QED) is 0.656. The minimum absolute atomic E-state index is 0.261. The Bertz CT molecular complexity index is 778. The first kappa shape index (κ1) is 14.6. The van der Waals surface area contributed by atoms with Gasteiger partial charge < -0.3 is 9.47 Å². The summed E-state index contributed by atoms with van der Waals surface area (Å²) in [4.78, 5) is 2.23. The average molecular weight is 314 g/mol. The van der Waals surface area contributed by atoms with E-state index in [1.807, 2.05) is 30.3 Å². The van der Waals surface area contributed by atoms with Crippen molar-refractivity contribution in [2.24, 2.45) is 0 Å². The first-order chi connectivity index (χ1) is 10.7. The molecule has 0 aliphatic heterocycles. The fraction of sp³-hybridized carbons (Fsp3) is 0.111. The predicted molar refractivity (Wildman–Crippen MR) is 88.3 cm³/mol. The molecule has 0 bridgehead atoms. The van der Waals surface area contributed by atoms with Crippen LogP contribution < -0.4 is 9.47 Å². The maximum atomic E-state index is 13.5. The smallest absolute Gasteiger partial charge is 0.165 e. The normalized spacial score (nSPS) is 10.5. The largest absolute Gasteiger partial charge is 0.497 e. The molecule has 0 atom stereocenters. The third-order valence-corrected chi connectivity index (χ3v) is 4.60. The zero-order chi connectivity index (χ0) is 15.5. The highest BCUT2D eigenvalue weighted by atomic mass is 32.1. The van der Waals surface area contributed by atoms with Crippen molar-refractivity contribution in [3.05, 3.63) is 60.4 Å². The Labute approximate surface area is 132 Å². The Morgan fingerprint density at radius 2 is 1.41 bits per heavy atom. The van der Waals surface area contributed by atoms with Crippen LogP contribution in [0.1, 0.15) is 0 Å². The Hall–Kier alpha value is -2.33. The van der Waals surface area contributed by atoms with Gasteiger partial charge in [0.1, 0.15) is 5.75 Å². The molecule has 1 heterocycles. The van der Waals surface area contributed by atoms with E-state index in [2.05, 4.69) is 6.07 Å². The van der Waals surface area contributed by atoms with Gasteiger partial charge in [0.05, 0.1) is 14.2 Å². The van der Waals surface area contributed by atoms with Gasteiger partial charge in [-0.25, -0.2) is 4.39 Å². The monoisotopic (exact) mass is 314 g/mol. The Morgan fingerprint density at radius 1 is 0.773 bits per heavy atom. The number of benzene rings is 2. The molecule has 0 aliphatic rings. The average Bonchev–Trinajstić information content (AvgIpc) is 3.05. The van der Waals surface area contributed by atoms with Crippen LogP contribution in [0.2, 0.25) is 0 Å². The number of hydrogen-bond donors (Lipinski definition) is 0. The summed E-state index contributed by atoms with van der Waals surface area (Å²) in [5.41, 5.74) is 2.08. The first-order valence-corrected chi connectivity index (χ1v) is 7.61. The summed E-state index contributed by atoms with van der Waals surface area (Å²) in [5.74, 6) is 0.749. The van der Waals surface area contributed by atoms with E-state index in [-0.39, 0.29) is 11.6 Å². The minimum atomic E-state index is -0.349. The summed E-state index contributed by atoms with van der Waals surface area (Å²) in [5, 5.41) is 0. The van der Waals surface area contributed by atoms with Gasteiger partial charge in [-0.15, -0.1) is 11.3 Å². The number of methoxy groups -OCH3 is 2. The van der Waals surface area contributed by atoms with Crippen LogP contribution in [0.4, 0.5) is 4.39 Å². The number of hydrogen-bond acceptors (Lipinski definition) is 3. The second kappa shape index (κ2) is 6.20. The highest BCUT2D eigenvalue weighted by Gasteiger charge is 2.09. The van der Waals surface area contributed by atoms with Crippen molar-refractivity contribution in [3.63, 3.8) is 0 Å².